The van der Waals surface area contributed by atoms with Gasteiger partial charge in [-0.2, -0.15) is 0 Å². The number of carbonyl (C=O) groups excluding carboxylic acids is 2. The molecule has 0 aliphatic carbocycles. The van der Waals surface area contributed by atoms with Crippen LogP contribution in [0, 0.1) is 5.41 Å². The van der Waals surface area contributed by atoms with Gasteiger partial charge in [0.1, 0.15) is 13.2 Å². The monoisotopic (exact) mass is 324 g/mol. The van der Waals surface area contributed by atoms with Crippen molar-refractivity contribution in [1.82, 2.24) is 10.3 Å². The summed E-state index contributed by atoms with van der Waals surface area (Å²) >= 11 is 0. The van der Waals surface area contributed by atoms with E-state index in [1.54, 1.807) is 33.0 Å². The number of amides is 1. The van der Waals surface area contributed by atoms with E-state index in [4.69, 9.17) is 14.2 Å². The lowest BCUT2D eigenvalue weighted by Gasteiger charge is -2.16. The highest BCUT2D eigenvalue weighted by atomic mass is 16.6. The number of alkyl carbamates (subject to hydrolysis) is 1. The molecule has 0 atom stereocenters. The van der Waals surface area contributed by atoms with Gasteiger partial charge in [0.05, 0.1) is 30.9 Å². The van der Waals surface area contributed by atoms with E-state index in [0.29, 0.717) is 6.54 Å². The van der Waals surface area contributed by atoms with Crippen LogP contribution < -0.4 is 5.32 Å². The normalized spacial score (nSPS) is 10.9. The fraction of sp³-hybridized carbons (Fsp3) is 0.562. The van der Waals surface area contributed by atoms with Crippen LogP contribution in [0.15, 0.2) is 24.4 Å². The molecule has 128 valence electrons. The number of rotatable bonds is 8. The minimum absolute atomic E-state index is 0.126. The van der Waals surface area contributed by atoms with E-state index in [1.807, 2.05) is 12.1 Å². The first kappa shape index (κ1) is 18.9. The van der Waals surface area contributed by atoms with Gasteiger partial charge in [-0.3, -0.25) is 9.78 Å². The molecule has 0 aliphatic rings. The predicted octanol–water partition coefficient (Wildman–Crippen LogP) is 1.91. The molecule has 1 heterocycles. The van der Waals surface area contributed by atoms with Gasteiger partial charge in [0.15, 0.2) is 0 Å². The van der Waals surface area contributed by atoms with Crippen molar-refractivity contribution in [3.8, 4) is 0 Å². The van der Waals surface area contributed by atoms with Crippen molar-refractivity contribution in [2.24, 2.45) is 5.41 Å². The Bertz CT molecular complexity index is 485. The Labute approximate surface area is 136 Å². The zero-order valence-corrected chi connectivity index (χ0v) is 13.8. The van der Waals surface area contributed by atoms with Crippen molar-refractivity contribution in [1.29, 1.82) is 0 Å². The highest BCUT2D eigenvalue weighted by Crippen LogP contribution is 2.14. The van der Waals surface area contributed by atoms with E-state index < -0.39 is 11.5 Å². The predicted molar refractivity (Wildman–Crippen MR) is 83.7 cm³/mol. The molecule has 1 amide bonds. The molecule has 1 aromatic heterocycles. The molecule has 1 aromatic rings. The molecule has 1 N–H and O–H groups in total. The van der Waals surface area contributed by atoms with Gasteiger partial charge in [-0.15, -0.1) is 0 Å². The zero-order chi connectivity index (χ0) is 17.1. The third kappa shape index (κ3) is 8.77. The highest BCUT2D eigenvalue weighted by molar-refractivity contribution is 5.75. The van der Waals surface area contributed by atoms with Gasteiger partial charge in [0, 0.05) is 6.20 Å². The van der Waals surface area contributed by atoms with Gasteiger partial charge >= 0.3 is 12.1 Å². The topological polar surface area (TPSA) is 86.8 Å². The van der Waals surface area contributed by atoms with E-state index in [1.165, 1.54) is 0 Å². The summed E-state index contributed by atoms with van der Waals surface area (Å²) in [5.74, 6) is -0.272. The smallest absolute Gasteiger partial charge is 0.407 e. The van der Waals surface area contributed by atoms with E-state index >= 15 is 0 Å². The van der Waals surface area contributed by atoms with Gasteiger partial charge in [-0.25, -0.2) is 4.79 Å². The zero-order valence-electron chi connectivity index (χ0n) is 13.8. The molecule has 0 saturated heterocycles. The molecule has 7 heteroatoms. The number of esters is 1. The van der Waals surface area contributed by atoms with Crippen molar-refractivity contribution in [3.63, 3.8) is 0 Å². The highest BCUT2D eigenvalue weighted by Gasteiger charge is 2.22. The van der Waals surface area contributed by atoms with Crippen LogP contribution in [-0.2, 0) is 25.5 Å². The van der Waals surface area contributed by atoms with Crippen LogP contribution >= 0.6 is 0 Å². The Morgan fingerprint density at radius 3 is 2.39 bits per heavy atom. The lowest BCUT2D eigenvalue weighted by Crippen LogP contribution is -2.26. The summed E-state index contributed by atoms with van der Waals surface area (Å²) in [6.07, 6.45) is 1.13. The second kappa shape index (κ2) is 9.78. The SMILES string of the molecule is CC(C)(C)C(=O)OCCOCCOC(=O)NCc1ccccn1. The molecule has 1 rings (SSSR count). The molecule has 23 heavy (non-hydrogen) atoms. The number of aromatic nitrogens is 1. The average molecular weight is 324 g/mol. The van der Waals surface area contributed by atoms with Crippen LogP contribution in [0.3, 0.4) is 0 Å². The molecule has 7 nitrogen and oxygen atoms in total. The second-order valence-electron chi connectivity index (χ2n) is 5.81. The summed E-state index contributed by atoms with van der Waals surface area (Å²) in [5.41, 5.74) is 0.232. The molecule has 0 radical (unpaired) electrons. The average Bonchev–Trinajstić information content (AvgIpc) is 2.52. The summed E-state index contributed by atoms with van der Waals surface area (Å²) in [7, 11) is 0. The fourth-order valence-corrected chi connectivity index (χ4v) is 1.42. The van der Waals surface area contributed by atoms with Crippen molar-refractivity contribution < 1.29 is 23.8 Å². The fourth-order valence-electron chi connectivity index (χ4n) is 1.42. The first-order valence-electron chi connectivity index (χ1n) is 7.45. The van der Waals surface area contributed by atoms with Crippen LogP contribution in [0.2, 0.25) is 0 Å². The summed E-state index contributed by atoms with van der Waals surface area (Å²) in [6, 6.07) is 5.45. The van der Waals surface area contributed by atoms with Gasteiger partial charge in [0.2, 0.25) is 0 Å². The Balaban J connectivity index is 1.98. The molecule has 0 spiro atoms. The van der Waals surface area contributed by atoms with Crippen LogP contribution in [0.1, 0.15) is 26.5 Å². The lowest BCUT2D eigenvalue weighted by atomic mass is 9.97. The molecule has 0 unspecified atom stereocenters. The molecule has 0 aliphatic heterocycles. The minimum Gasteiger partial charge on any atom is -0.463 e. The largest absolute Gasteiger partial charge is 0.463 e. The van der Waals surface area contributed by atoms with E-state index in [0.717, 1.165) is 5.69 Å². The number of ether oxygens (including phenoxy) is 3. The standard InChI is InChI=1S/C16H24N2O5/c1-16(2,3)14(19)22-10-8-21-9-11-23-15(20)18-12-13-6-4-5-7-17-13/h4-7H,8-12H2,1-3H3,(H,18,20). The van der Waals surface area contributed by atoms with E-state index in [2.05, 4.69) is 10.3 Å². The van der Waals surface area contributed by atoms with Gasteiger partial charge in [0.25, 0.3) is 0 Å². The summed E-state index contributed by atoms with van der Waals surface area (Å²) in [5, 5.41) is 2.58. The quantitative estimate of drug-likeness (QED) is 0.581. The molecule has 0 bridgehead atoms. The maximum Gasteiger partial charge on any atom is 0.407 e. The van der Waals surface area contributed by atoms with Crippen molar-refractivity contribution >= 4 is 12.1 Å². The Kier molecular flexibility index (Phi) is 8.04. The maximum atomic E-state index is 11.5. The van der Waals surface area contributed by atoms with Crippen LogP contribution in [0.25, 0.3) is 0 Å². The molecule has 0 aromatic carbocycles. The van der Waals surface area contributed by atoms with Crippen molar-refractivity contribution in [3.05, 3.63) is 30.1 Å². The maximum absolute atomic E-state index is 11.5. The number of hydrogen-bond acceptors (Lipinski definition) is 6. The van der Waals surface area contributed by atoms with Crippen LogP contribution in [0.5, 0.6) is 0 Å². The molecule has 0 fully saturated rings. The number of nitrogens with one attached hydrogen (secondary N) is 1. The third-order valence-corrected chi connectivity index (χ3v) is 2.67. The summed E-state index contributed by atoms with van der Waals surface area (Å²) in [6.45, 7) is 6.48. The second-order valence-corrected chi connectivity index (χ2v) is 5.81. The van der Waals surface area contributed by atoms with Gasteiger partial charge in [-0.1, -0.05) is 6.07 Å². The van der Waals surface area contributed by atoms with Crippen molar-refractivity contribution in [2.45, 2.75) is 27.3 Å². The van der Waals surface area contributed by atoms with Crippen LogP contribution in [0.4, 0.5) is 4.79 Å². The van der Waals surface area contributed by atoms with Crippen molar-refractivity contribution in [2.75, 3.05) is 26.4 Å². The summed E-state index contributed by atoms with van der Waals surface area (Å²) < 4.78 is 15.2. The number of nitrogens with zero attached hydrogens (tertiary/aromatic N) is 1. The minimum atomic E-state index is -0.529. The van der Waals surface area contributed by atoms with E-state index in [-0.39, 0.29) is 32.4 Å². The van der Waals surface area contributed by atoms with Gasteiger partial charge in [-0.05, 0) is 32.9 Å². The third-order valence-electron chi connectivity index (χ3n) is 2.67. The van der Waals surface area contributed by atoms with Crippen LogP contribution in [-0.4, -0.2) is 43.5 Å². The first-order valence-corrected chi connectivity index (χ1v) is 7.45. The molecule has 0 saturated carbocycles. The Morgan fingerprint density at radius 2 is 1.78 bits per heavy atom. The lowest BCUT2D eigenvalue weighted by molar-refractivity contribution is -0.154. The molecular weight excluding hydrogens is 300 g/mol. The molecular formula is C16H24N2O5. The number of hydrogen-bond donors (Lipinski definition) is 1. The summed E-state index contributed by atoms with van der Waals surface area (Å²) in [4.78, 5) is 27.0. The first-order chi connectivity index (χ1) is 10.9. The van der Waals surface area contributed by atoms with Gasteiger partial charge < -0.3 is 19.5 Å². The van der Waals surface area contributed by atoms with E-state index in [9.17, 15) is 9.59 Å². The number of pyridine rings is 1. The Hall–Kier alpha value is -2.15. The number of carbonyl (C=O) groups is 2. The Morgan fingerprint density at radius 1 is 1.09 bits per heavy atom.